The maximum Gasteiger partial charge on any atom is 0.130 e. The molecule has 3 nitrogen and oxygen atoms in total. The van der Waals surface area contributed by atoms with Crippen LogP contribution in [-0.2, 0) is 0 Å². The van der Waals surface area contributed by atoms with Gasteiger partial charge in [-0.05, 0) is 48.5 Å². The van der Waals surface area contributed by atoms with E-state index in [1.54, 1.807) is 6.20 Å². The number of hydrogen-bond donors (Lipinski definition) is 0. The largest absolute Gasteiger partial charge is 0.348 e. The number of fused-ring (bicyclic) bond motifs is 2. The average molecular weight is 364 g/mol. The summed E-state index contributed by atoms with van der Waals surface area (Å²) >= 11 is 8.31. The lowest BCUT2D eigenvalue weighted by Gasteiger charge is -2.40. The van der Waals surface area contributed by atoms with Gasteiger partial charge in [-0.3, -0.25) is 0 Å². The van der Waals surface area contributed by atoms with Gasteiger partial charge in [-0.1, -0.05) is 11.6 Å². The molecular formula is C12H15ClIN3. The SMILES string of the molecule is CN1C[C@H]2CC[C@@H](C1)N2c1cc(I)c(Cl)cn1. The highest BCUT2D eigenvalue weighted by molar-refractivity contribution is 14.1. The number of piperazine rings is 1. The summed E-state index contributed by atoms with van der Waals surface area (Å²) in [4.78, 5) is 9.43. The van der Waals surface area contributed by atoms with Crippen molar-refractivity contribution in [3.8, 4) is 0 Å². The zero-order chi connectivity index (χ0) is 12.0. The summed E-state index contributed by atoms with van der Waals surface area (Å²) in [5.74, 6) is 1.10. The summed E-state index contributed by atoms with van der Waals surface area (Å²) in [6.45, 7) is 2.30. The molecule has 2 atom stereocenters. The summed E-state index contributed by atoms with van der Waals surface area (Å²) in [5.41, 5.74) is 0. The van der Waals surface area contributed by atoms with Crippen LogP contribution in [-0.4, -0.2) is 42.1 Å². The van der Waals surface area contributed by atoms with Crippen molar-refractivity contribution in [1.29, 1.82) is 0 Å². The van der Waals surface area contributed by atoms with Crippen LogP contribution in [0.2, 0.25) is 5.02 Å². The van der Waals surface area contributed by atoms with Crippen LogP contribution >= 0.6 is 34.2 Å². The third-order valence-electron chi connectivity index (χ3n) is 3.72. The molecule has 2 fully saturated rings. The minimum absolute atomic E-state index is 0.628. The molecule has 1 aromatic heterocycles. The standard InChI is InChI=1S/C12H15ClIN3/c1-16-6-8-2-3-9(7-16)17(8)12-4-11(14)10(13)5-15-12/h4-5,8-9H,2-3,6-7H2,1H3/t8-,9+. The Labute approximate surface area is 120 Å². The van der Waals surface area contributed by atoms with Crippen LogP contribution in [0.5, 0.6) is 0 Å². The molecule has 0 aliphatic carbocycles. The fourth-order valence-electron chi connectivity index (χ4n) is 3.03. The molecule has 17 heavy (non-hydrogen) atoms. The normalized spacial score (nSPS) is 28.8. The van der Waals surface area contributed by atoms with Crippen LogP contribution in [0.3, 0.4) is 0 Å². The summed E-state index contributed by atoms with van der Waals surface area (Å²) in [7, 11) is 2.21. The molecule has 0 amide bonds. The van der Waals surface area contributed by atoms with Crippen molar-refractivity contribution in [1.82, 2.24) is 9.88 Å². The summed E-state index contributed by atoms with van der Waals surface area (Å²) < 4.78 is 1.09. The molecule has 2 aliphatic rings. The van der Waals surface area contributed by atoms with E-state index in [9.17, 15) is 0 Å². The first-order valence-corrected chi connectivity index (χ1v) is 7.39. The lowest BCUT2D eigenvalue weighted by atomic mass is 10.2. The Morgan fingerprint density at radius 1 is 1.35 bits per heavy atom. The lowest BCUT2D eigenvalue weighted by molar-refractivity contribution is 0.264. The quantitative estimate of drug-likeness (QED) is 0.715. The number of halogens is 2. The van der Waals surface area contributed by atoms with Gasteiger partial charge in [-0.2, -0.15) is 0 Å². The lowest BCUT2D eigenvalue weighted by Crippen LogP contribution is -2.52. The fraction of sp³-hybridized carbons (Fsp3) is 0.583. The molecule has 5 heteroatoms. The Balaban J connectivity index is 1.92. The molecule has 0 N–H and O–H groups in total. The second-order valence-electron chi connectivity index (χ2n) is 4.97. The average Bonchev–Trinajstić information content (AvgIpc) is 2.55. The van der Waals surface area contributed by atoms with Crippen molar-refractivity contribution < 1.29 is 0 Å². The molecule has 0 radical (unpaired) electrons. The Bertz CT molecular complexity index is 426. The maximum atomic E-state index is 6.03. The molecule has 92 valence electrons. The fourth-order valence-corrected chi connectivity index (χ4v) is 3.55. The molecule has 0 spiro atoms. The summed E-state index contributed by atoms with van der Waals surface area (Å²) in [6, 6.07) is 3.37. The molecular weight excluding hydrogens is 349 g/mol. The topological polar surface area (TPSA) is 19.4 Å². The highest BCUT2D eigenvalue weighted by atomic mass is 127. The first-order chi connectivity index (χ1) is 8.15. The number of hydrogen-bond acceptors (Lipinski definition) is 3. The van der Waals surface area contributed by atoms with E-state index in [-0.39, 0.29) is 0 Å². The van der Waals surface area contributed by atoms with Gasteiger partial charge in [-0.15, -0.1) is 0 Å². The first-order valence-electron chi connectivity index (χ1n) is 5.93. The van der Waals surface area contributed by atoms with E-state index in [1.807, 2.05) is 0 Å². The van der Waals surface area contributed by atoms with E-state index in [2.05, 4.69) is 50.5 Å². The number of likely N-dealkylation sites (N-methyl/N-ethyl adjacent to an activating group) is 1. The molecule has 2 bridgehead atoms. The molecule has 1 aromatic rings. The molecule has 2 saturated heterocycles. The van der Waals surface area contributed by atoms with Crippen LogP contribution < -0.4 is 4.90 Å². The van der Waals surface area contributed by atoms with Gasteiger partial charge in [0.15, 0.2) is 0 Å². The van der Waals surface area contributed by atoms with Gasteiger partial charge in [0.1, 0.15) is 5.82 Å². The summed E-state index contributed by atoms with van der Waals surface area (Å²) in [6.07, 6.45) is 4.35. The van der Waals surface area contributed by atoms with E-state index in [0.717, 1.165) is 27.5 Å². The third-order valence-corrected chi connectivity index (χ3v) is 5.24. The maximum absolute atomic E-state index is 6.03. The second kappa shape index (κ2) is 4.55. The van der Waals surface area contributed by atoms with Crippen LogP contribution in [0.4, 0.5) is 5.82 Å². The van der Waals surface area contributed by atoms with Crippen molar-refractivity contribution >= 4 is 40.0 Å². The van der Waals surface area contributed by atoms with Gasteiger partial charge in [0, 0.05) is 34.9 Å². The van der Waals surface area contributed by atoms with Crippen molar-refractivity contribution in [3.63, 3.8) is 0 Å². The van der Waals surface area contributed by atoms with Crippen LogP contribution in [0.1, 0.15) is 12.8 Å². The van der Waals surface area contributed by atoms with E-state index in [1.165, 1.54) is 12.8 Å². The van der Waals surface area contributed by atoms with Gasteiger partial charge >= 0.3 is 0 Å². The predicted molar refractivity (Wildman–Crippen MR) is 78.8 cm³/mol. The zero-order valence-corrected chi connectivity index (χ0v) is 12.6. The molecule has 3 rings (SSSR count). The van der Waals surface area contributed by atoms with E-state index in [0.29, 0.717) is 12.1 Å². The minimum Gasteiger partial charge on any atom is -0.348 e. The van der Waals surface area contributed by atoms with Gasteiger partial charge in [-0.25, -0.2) is 4.98 Å². The molecule has 0 aromatic carbocycles. The van der Waals surface area contributed by atoms with Crippen molar-refractivity contribution in [3.05, 3.63) is 20.9 Å². The highest BCUT2D eigenvalue weighted by Crippen LogP contribution is 2.34. The molecule has 0 unspecified atom stereocenters. The van der Waals surface area contributed by atoms with Crippen LogP contribution in [0, 0.1) is 3.57 Å². The Hall–Kier alpha value is -0.0700. The van der Waals surface area contributed by atoms with E-state index >= 15 is 0 Å². The molecule has 2 aliphatic heterocycles. The van der Waals surface area contributed by atoms with Crippen molar-refractivity contribution in [2.24, 2.45) is 0 Å². The molecule has 3 heterocycles. The van der Waals surface area contributed by atoms with Crippen LogP contribution in [0.15, 0.2) is 12.3 Å². The first kappa shape index (κ1) is 12.0. The Morgan fingerprint density at radius 2 is 2.00 bits per heavy atom. The Morgan fingerprint density at radius 3 is 2.59 bits per heavy atom. The van der Waals surface area contributed by atoms with Gasteiger partial charge in [0.25, 0.3) is 0 Å². The second-order valence-corrected chi connectivity index (χ2v) is 6.54. The number of rotatable bonds is 1. The minimum atomic E-state index is 0.628. The van der Waals surface area contributed by atoms with E-state index < -0.39 is 0 Å². The van der Waals surface area contributed by atoms with Gasteiger partial charge in [0.05, 0.1) is 5.02 Å². The highest BCUT2D eigenvalue weighted by Gasteiger charge is 2.39. The van der Waals surface area contributed by atoms with Crippen molar-refractivity contribution in [2.75, 3.05) is 25.0 Å². The zero-order valence-electron chi connectivity index (χ0n) is 9.74. The van der Waals surface area contributed by atoms with Gasteiger partial charge in [0.2, 0.25) is 0 Å². The smallest absolute Gasteiger partial charge is 0.130 e. The number of pyridine rings is 1. The third kappa shape index (κ3) is 2.15. The summed E-state index contributed by atoms with van der Waals surface area (Å²) in [5, 5.41) is 0.746. The van der Waals surface area contributed by atoms with Gasteiger partial charge < -0.3 is 9.80 Å². The molecule has 0 saturated carbocycles. The Kier molecular flexibility index (Phi) is 3.21. The monoisotopic (exact) mass is 363 g/mol. The van der Waals surface area contributed by atoms with Crippen LogP contribution in [0.25, 0.3) is 0 Å². The number of anilines is 1. The number of likely N-dealkylation sites (tertiary alicyclic amines) is 1. The number of aromatic nitrogens is 1. The predicted octanol–water partition coefficient (Wildman–Crippen LogP) is 2.62. The number of nitrogens with zero attached hydrogens (tertiary/aromatic N) is 3. The van der Waals surface area contributed by atoms with Crippen molar-refractivity contribution in [2.45, 2.75) is 24.9 Å². The van der Waals surface area contributed by atoms with E-state index in [4.69, 9.17) is 11.6 Å².